The molecular weight excluding hydrogens is 240 g/mol. The summed E-state index contributed by atoms with van der Waals surface area (Å²) in [5.41, 5.74) is 5.92. The van der Waals surface area contributed by atoms with E-state index in [2.05, 4.69) is 0 Å². The molecule has 1 heterocycles. The number of rotatable bonds is 2. The average Bonchev–Trinajstić information content (AvgIpc) is 3.11. The van der Waals surface area contributed by atoms with Crippen molar-refractivity contribution >= 4 is 0 Å². The van der Waals surface area contributed by atoms with E-state index in [4.69, 9.17) is 15.2 Å². The maximum absolute atomic E-state index is 13.1. The Kier molecular flexibility index (Phi) is 2.66. The zero-order valence-electron chi connectivity index (χ0n) is 9.92. The fourth-order valence-corrected chi connectivity index (χ4v) is 2.24. The number of nitrogens with two attached hydrogens (primary N) is 1. The first-order chi connectivity index (χ1) is 8.60. The molecule has 0 bridgehead atoms. The summed E-state index contributed by atoms with van der Waals surface area (Å²) in [6, 6.07) is 3.02. The molecule has 0 spiro atoms. The van der Waals surface area contributed by atoms with Gasteiger partial charge in [-0.15, -0.1) is 0 Å². The SMILES string of the molecule is NC1(c2cc3c(cc2C(F)F)OCCCO3)CC1. The lowest BCUT2D eigenvalue weighted by Crippen LogP contribution is -2.21. The number of halogens is 2. The summed E-state index contributed by atoms with van der Waals surface area (Å²) in [5.74, 6) is 0.930. The Morgan fingerprint density at radius 2 is 1.72 bits per heavy atom. The van der Waals surface area contributed by atoms with Crippen LogP contribution in [0.1, 0.15) is 36.8 Å². The Morgan fingerprint density at radius 1 is 1.11 bits per heavy atom. The van der Waals surface area contributed by atoms with Gasteiger partial charge in [-0.2, -0.15) is 0 Å². The van der Waals surface area contributed by atoms with Crippen molar-refractivity contribution in [1.82, 2.24) is 0 Å². The molecule has 0 radical (unpaired) electrons. The van der Waals surface area contributed by atoms with E-state index in [0.29, 0.717) is 30.3 Å². The highest BCUT2D eigenvalue weighted by molar-refractivity contribution is 5.51. The first-order valence-corrected chi connectivity index (χ1v) is 6.11. The van der Waals surface area contributed by atoms with Crippen LogP contribution in [0.3, 0.4) is 0 Å². The number of fused-ring (bicyclic) bond motifs is 1. The summed E-state index contributed by atoms with van der Waals surface area (Å²) in [7, 11) is 0. The second-order valence-corrected chi connectivity index (χ2v) is 4.89. The lowest BCUT2D eigenvalue weighted by Gasteiger charge is -2.18. The summed E-state index contributed by atoms with van der Waals surface area (Å²) >= 11 is 0. The first-order valence-electron chi connectivity index (χ1n) is 6.11. The first kappa shape index (κ1) is 11.7. The average molecular weight is 255 g/mol. The Labute approximate surface area is 104 Å². The molecule has 1 saturated carbocycles. The van der Waals surface area contributed by atoms with E-state index < -0.39 is 12.0 Å². The maximum atomic E-state index is 13.1. The van der Waals surface area contributed by atoms with Crippen molar-refractivity contribution < 1.29 is 18.3 Å². The molecule has 1 aliphatic carbocycles. The van der Waals surface area contributed by atoms with Crippen LogP contribution in [0.25, 0.3) is 0 Å². The molecule has 18 heavy (non-hydrogen) atoms. The zero-order valence-corrected chi connectivity index (χ0v) is 9.92. The van der Waals surface area contributed by atoms with Gasteiger partial charge in [0.05, 0.1) is 13.2 Å². The van der Waals surface area contributed by atoms with Crippen molar-refractivity contribution in [2.24, 2.45) is 5.73 Å². The van der Waals surface area contributed by atoms with Crippen molar-refractivity contribution in [2.75, 3.05) is 13.2 Å². The van der Waals surface area contributed by atoms with Gasteiger partial charge in [0, 0.05) is 17.5 Å². The summed E-state index contributed by atoms with van der Waals surface area (Å²) in [5, 5.41) is 0. The van der Waals surface area contributed by atoms with E-state index >= 15 is 0 Å². The molecule has 1 fully saturated rings. The van der Waals surface area contributed by atoms with Crippen molar-refractivity contribution in [3.63, 3.8) is 0 Å². The number of hydrogen-bond acceptors (Lipinski definition) is 3. The van der Waals surface area contributed by atoms with Crippen LogP contribution >= 0.6 is 0 Å². The van der Waals surface area contributed by atoms with Crippen LogP contribution in [0.4, 0.5) is 8.78 Å². The minimum atomic E-state index is -2.54. The van der Waals surface area contributed by atoms with E-state index in [1.54, 1.807) is 6.07 Å². The number of benzene rings is 1. The van der Waals surface area contributed by atoms with Crippen LogP contribution in [0.15, 0.2) is 12.1 Å². The summed E-state index contributed by atoms with van der Waals surface area (Å²) in [4.78, 5) is 0. The highest BCUT2D eigenvalue weighted by Gasteiger charge is 2.43. The molecule has 1 aliphatic heterocycles. The quantitative estimate of drug-likeness (QED) is 0.883. The molecule has 1 aromatic rings. The van der Waals surface area contributed by atoms with E-state index in [0.717, 1.165) is 19.3 Å². The summed E-state index contributed by atoms with van der Waals surface area (Å²) in [6.45, 7) is 1.03. The molecule has 0 atom stereocenters. The molecule has 0 aromatic heterocycles. The van der Waals surface area contributed by atoms with Gasteiger partial charge in [-0.3, -0.25) is 0 Å². The number of ether oxygens (including phenoxy) is 2. The highest BCUT2D eigenvalue weighted by atomic mass is 19.3. The van der Waals surface area contributed by atoms with E-state index in [9.17, 15) is 8.78 Å². The molecular formula is C13H15F2NO2. The third-order valence-electron chi connectivity index (χ3n) is 3.48. The van der Waals surface area contributed by atoms with Gasteiger partial charge in [-0.1, -0.05) is 0 Å². The predicted octanol–water partition coefficient (Wildman–Crippen LogP) is 2.73. The summed E-state index contributed by atoms with van der Waals surface area (Å²) in [6.07, 6.45) is -0.307. The van der Waals surface area contributed by atoms with Crippen LogP contribution in [-0.4, -0.2) is 13.2 Å². The van der Waals surface area contributed by atoms with Crippen LogP contribution in [0.5, 0.6) is 11.5 Å². The molecule has 0 saturated heterocycles. The minimum absolute atomic E-state index is 0.0285. The van der Waals surface area contributed by atoms with Gasteiger partial charge in [0.2, 0.25) is 0 Å². The minimum Gasteiger partial charge on any atom is -0.490 e. The lowest BCUT2D eigenvalue weighted by molar-refractivity contribution is 0.148. The van der Waals surface area contributed by atoms with Crippen LogP contribution in [0.2, 0.25) is 0 Å². The molecule has 0 unspecified atom stereocenters. The van der Waals surface area contributed by atoms with Crippen LogP contribution in [-0.2, 0) is 5.54 Å². The van der Waals surface area contributed by atoms with Gasteiger partial charge in [-0.05, 0) is 30.5 Å². The van der Waals surface area contributed by atoms with Gasteiger partial charge in [0.1, 0.15) is 0 Å². The van der Waals surface area contributed by atoms with E-state index in [-0.39, 0.29) is 5.56 Å². The molecule has 2 N–H and O–H groups in total. The van der Waals surface area contributed by atoms with Gasteiger partial charge in [0.15, 0.2) is 11.5 Å². The zero-order chi connectivity index (χ0) is 12.8. The highest BCUT2D eigenvalue weighted by Crippen LogP contribution is 2.49. The Morgan fingerprint density at radius 3 is 2.28 bits per heavy atom. The maximum Gasteiger partial charge on any atom is 0.264 e. The van der Waals surface area contributed by atoms with Gasteiger partial charge < -0.3 is 15.2 Å². The van der Waals surface area contributed by atoms with Crippen molar-refractivity contribution in [2.45, 2.75) is 31.2 Å². The van der Waals surface area contributed by atoms with E-state index in [1.165, 1.54) is 6.07 Å². The molecule has 98 valence electrons. The van der Waals surface area contributed by atoms with Crippen LogP contribution < -0.4 is 15.2 Å². The number of hydrogen-bond donors (Lipinski definition) is 1. The summed E-state index contributed by atoms with van der Waals surface area (Å²) < 4.78 is 37.2. The standard InChI is InChI=1S/C13H15F2NO2/c14-12(15)8-6-10-11(18-5-1-4-17-10)7-9(8)13(16)2-3-13/h6-7,12H,1-5,16H2. The van der Waals surface area contributed by atoms with Gasteiger partial charge >= 0.3 is 0 Å². The fourth-order valence-electron chi connectivity index (χ4n) is 2.24. The van der Waals surface area contributed by atoms with Crippen molar-refractivity contribution in [3.05, 3.63) is 23.3 Å². The molecule has 0 amide bonds. The second-order valence-electron chi connectivity index (χ2n) is 4.89. The smallest absolute Gasteiger partial charge is 0.264 e. The fraction of sp³-hybridized carbons (Fsp3) is 0.538. The molecule has 5 heteroatoms. The predicted molar refractivity (Wildman–Crippen MR) is 62.1 cm³/mol. The molecule has 2 aliphatic rings. The second kappa shape index (κ2) is 4.09. The molecule has 1 aromatic carbocycles. The van der Waals surface area contributed by atoms with Crippen molar-refractivity contribution in [3.8, 4) is 11.5 Å². The van der Waals surface area contributed by atoms with Crippen LogP contribution in [0, 0.1) is 0 Å². The van der Waals surface area contributed by atoms with Gasteiger partial charge in [0.25, 0.3) is 6.43 Å². The topological polar surface area (TPSA) is 44.5 Å². The van der Waals surface area contributed by atoms with Gasteiger partial charge in [-0.25, -0.2) is 8.78 Å². The third kappa shape index (κ3) is 1.92. The normalized spacial score (nSPS) is 20.7. The Bertz CT molecular complexity index is 472. The lowest BCUT2D eigenvalue weighted by atomic mass is 9.98. The molecule has 3 rings (SSSR count). The number of alkyl halides is 2. The Balaban J connectivity index is 2.09. The molecule has 3 nitrogen and oxygen atoms in total. The van der Waals surface area contributed by atoms with Crippen molar-refractivity contribution in [1.29, 1.82) is 0 Å². The largest absolute Gasteiger partial charge is 0.490 e. The monoisotopic (exact) mass is 255 g/mol. The Hall–Kier alpha value is -1.36. The third-order valence-corrected chi connectivity index (χ3v) is 3.48. The van der Waals surface area contributed by atoms with E-state index in [1.807, 2.05) is 0 Å².